The summed E-state index contributed by atoms with van der Waals surface area (Å²) < 4.78 is 0. The molecule has 0 fully saturated rings. The van der Waals surface area contributed by atoms with Crippen LogP contribution >= 0.6 is 11.8 Å². The Bertz CT molecular complexity index is 449. The van der Waals surface area contributed by atoms with E-state index in [0.717, 1.165) is 4.90 Å². The molecule has 1 aromatic heterocycles. The zero-order valence-corrected chi connectivity index (χ0v) is 11.4. The Morgan fingerprint density at radius 1 is 1.50 bits per heavy atom. The number of carbonyl (C=O) groups is 2. The molecule has 1 heterocycles. The van der Waals surface area contributed by atoms with Gasteiger partial charge >= 0.3 is 5.97 Å². The summed E-state index contributed by atoms with van der Waals surface area (Å²) in [6.07, 6.45) is 2.05. The Kier molecular flexibility index (Phi) is 5.15. The summed E-state index contributed by atoms with van der Waals surface area (Å²) in [5.74, 6) is -1.04. The Morgan fingerprint density at radius 2 is 2.17 bits per heavy atom. The first-order valence-corrected chi connectivity index (χ1v) is 6.40. The van der Waals surface area contributed by atoms with Gasteiger partial charge in [-0.3, -0.25) is 14.6 Å². The molecule has 1 atom stereocenters. The number of carboxylic acids is 1. The molecule has 1 amide bonds. The number of hydrogen-bond donors (Lipinski definition) is 1. The highest BCUT2D eigenvalue weighted by Gasteiger charge is 2.17. The number of nitrogens with zero attached hydrogens (tertiary/aromatic N) is 2. The Hall–Kier alpha value is -1.56. The summed E-state index contributed by atoms with van der Waals surface area (Å²) in [7, 11) is 3.30. The van der Waals surface area contributed by atoms with Gasteiger partial charge in [0.25, 0.3) is 5.91 Å². The van der Waals surface area contributed by atoms with E-state index >= 15 is 0 Å². The van der Waals surface area contributed by atoms with Crippen molar-refractivity contribution in [2.45, 2.75) is 23.5 Å². The van der Waals surface area contributed by atoms with Crippen molar-refractivity contribution in [2.75, 3.05) is 14.1 Å². The van der Waals surface area contributed by atoms with E-state index in [-0.39, 0.29) is 5.91 Å². The predicted molar refractivity (Wildman–Crippen MR) is 69.8 cm³/mol. The number of amides is 1. The van der Waals surface area contributed by atoms with E-state index in [1.165, 1.54) is 22.9 Å². The molecule has 0 aliphatic rings. The van der Waals surface area contributed by atoms with E-state index in [2.05, 4.69) is 4.98 Å². The number of carboxylic acid groups (broad SMARTS) is 1. The van der Waals surface area contributed by atoms with Crippen molar-refractivity contribution in [1.82, 2.24) is 9.88 Å². The molecular formula is C12H16N2O3S. The van der Waals surface area contributed by atoms with Crippen LogP contribution in [0.25, 0.3) is 0 Å². The van der Waals surface area contributed by atoms with Crippen molar-refractivity contribution in [2.24, 2.45) is 0 Å². The summed E-state index contributed by atoms with van der Waals surface area (Å²) in [5, 5.41) is 8.48. The van der Waals surface area contributed by atoms with E-state index in [0.29, 0.717) is 12.1 Å². The maximum absolute atomic E-state index is 11.7. The topological polar surface area (TPSA) is 70.5 Å². The van der Waals surface area contributed by atoms with Gasteiger partial charge in [0.15, 0.2) is 0 Å². The van der Waals surface area contributed by atoms with Gasteiger partial charge in [-0.05, 0) is 18.6 Å². The maximum atomic E-state index is 11.7. The van der Waals surface area contributed by atoms with Crippen molar-refractivity contribution in [3.63, 3.8) is 0 Å². The number of hydrogen-bond acceptors (Lipinski definition) is 4. The molecule has 0 saturated heterocycles. The zero-order valence-electron chi connectivity index (χ0n) is 10.6. The van der Waals surface area contributed by atoms with Gasteiger partial charge in [0.05, 0.1) is 0 Å². The van der Waals surface area contributed by atoms with Crippen molar-refractivity contribution in [3.8, 4) is 0 Å². The van der Waals surface area contributed by atoms with Crippen molar-refractivity contribution in [1.29, 1.82) is 0 Å². The fourth-order valence-electron chi connectivity index (χ4n) is 1.30. The number of carbonyl (C=O) groups excluding carboxylic acids is 1. The predicted octanol–water partition coefficient (Wildman–Crippen LogP) is 1.74. The van der Waals surface area contributed by atoms with Crippen LogP contribution in [-0.4, -0.2) is 46.2 Å². The molecule has 1 rings (SSSR count). The minimum Gasteiger partial charge on any atom is -0.480 e. The second-order valence-corrected chi connectivity index (χ2v) is 5.21. The largest absolute Gasteiger partial charge is 0.480 e. The van der Waals surface area contributed by atoms with E-state index in [9.17, 15) is 9.59 Å². The Labute approximate surface area is 110 Å². The first kappa shape index (κ1) is 14.5. The summed E-state index contributed by atoms with van der Waals surface area (Å²) in [6, 6.07) is 3.33. The van der Waals surface area contributed by atoms with E-state index in [1.807, 2.05) is 6.92 Å². The van der Waals surface area contributed by atoms with Crippen LogP contribution in [0, 0.1) is 0 Å². The first-order chi connectivity index (χ1) is 8.45. The van der Waals surface area contributed by atoms with Crippen LogP contribution in [0.4, 0.5) is 0 Å². The SMILES string of the molecule is CCC(Sc1ccnc(C(=O)N(C)C)c1)C(=O)O. The molecule has 0 aliphatic carbocycles. The molecule has 1 unspecified atom stereocenters. The summed E-state index contributed by atoms with van der Waals surface area (Å²) in [5.41, 5.74) is 0.324. The summed E-state index contributed by atoms with van der Waals surface area (Å²) in [4.78, 5) is 28.8. The van der Waals surface area contributed by atoms with Crippen LogP contribution in [0.5, 0.6) is 0 Å². The quantitative estimate of drug-likeness (QED) is 0.824. The zero-order chi connectivity index (χ0) is 13.7. The van der Waals surface area contributed by atoms with Gasteiger partial charge in [0, 0.05) is 25.2 Å². The highest BCUT2D eigenvalue weighted by atomic mass is 32.2. The number of rotatable bonds is 5. The monoisotopic (exact) mass is 268 g/mol. The smallest absolute Gasteiger partial charge is 0.316 e. The number of aromatic nitrogens is 1. The van der Waals surface area contributed by atoms with Crippen molar-refractivity contribution < 1.29 is 14.7 Å². The lowest BCUT2D eigenvalue weighted by Crippen LogP contribution is -2.22. The maximum Gasteiger partial charge on any atom is 0.316 e. The minimum atomic E-state index is -0.847. The second-order valence-electron chi connectivity index (χ2n) is 3.93. The highest BCUT2D eigenvalue weighted by molar-refractivity contribution is 8.00. The standard InChI is InChI=1S/C12H16N2O3S/c1-4-10(12(16)17)18-8-5-6-13-9(7-8)11(15)14(2)3/h5-7,10H,4H2,1-3H3,(H,16,17). The fraction of sp³-hybridized carbons (Fsp3) is 0.417. The molecular weight excluding hydrogens is 252 g/mol. The van der Waals surface area contributed by atoms with Crippen LogP contribution in [0.2, 0.25) is 0 Å². The van der Waals surface area contributed by atoms with Gasteiger partial charge < -0.3 is 10.0 Å². The molecule has 5 nitrogen and oxygen atoms in total. The molecule has 0 saturated carbocycles. The molecule has 18 heavy (non-hydrogen) atoms. The lowest BCUT2D eigenvalue weighted by molar-refractivity contribution is -0.136. The number of thioether (sulfide) groups is 1. The molecule has 0 aromatic carbocycles. The molecule has 1 N–H and O–H groups in total. The van der Waals surface area contributed by atoms with Gasteiger partial charge in [0.2, 0.25) is 0 Å². The molecule has 0 spiro atoms. The molecule has 0 bridgehead atoms. The average molecular weight is 268 g/mol. The van der Waals surface area contributed by atoms with Crippen molar-refractivity contribution >= 4 is 23.6 Å². The highest BCUT2D eigenvalue weighted by Crippen LogP contribution is 2.25. The van der Waals surface area contributed by atoms with E-state index < -0.39 is 11.2 Å². The average Bonchev–Trinajstić information content (AvgIpc) is 2.34. The first-order valence-electron chi connectivity index (χ1n) is 5.52. The van der Waals surface area contributed by atoms with Gasteiger partial charge in [-0.25, -0.2) is 0 Å². The third-order valence-electron chi connectivity index (χ3n) is 2.28. The van der Waals surface area contributed by atoms with Gasteiger partial charge in [-0.15, -0.1) is 11.8 Å². The van der Waals surface area contributed by atoms with Crippen LogP contribution in [-0.2, 0) is 4.79 Å². The van der Waals surface area contributed by atoms with Crippen LogP contribution in [0.3, 0.4) is 0 Å². The molecule has 0 radical (unpaired) electrons. The molecule has 98 valence electrons. The van der Waals surface area contributed by atoms with Crippen molar-refractivity contribution in [3.05, 3.63) is 24.0 Å². The van der Waals surface area contributed by atoms with E-state index in [1.54, 1.807) is 26.2 Å². The van der Waals surface area contributed by atoms with Gasteiger partial charge in [-0.2, -0.15) is 0 Å². The van der Waals surface area contributed by atoms with Crippen LogP contribution < -0.4 is 0 Å². The lowest BCUT2D eigenvalue weighted by atomic mass is 10.3. The minimum absolute atomic E-state index is 0.194. The van der Waals surface area contributed by atoms with Crippen LogP contribution in [0.15, 0.2) is 23.2 Å². The Balaban J connectivity index is 2.88. The second kappa shape index (κ2) is 6.39. The fourth-order valence-corrected chi connectivity index (χ4v) is 2.22. The summed E-state index contributed by atoms with van der Waals surface area (Å²) >= 11 is 1.23. The third-order valence-corrected chi connectivity index (χ3v) is 3.63. The number of aliphatic carboxylic acids is 1. The summed E-state index contributed by atoms with van der Waals surface area (Å²) in [6.45, 7) is 1.82. The molecule has 0 aliphatic heterocycles. The molecule has 6 heteroatoms. The molecule has 1 aromatic rings. The Morgan fingerprint density at radius 3 is 2.67 bits per heavy atom. The normalized spacial score (nSPS) is 11.9. The van der Waals surface area contributed by atoms with Gasteiger partial charge in [0.1, 0.15) is 10.9 Å². The van der Waals surface area contributed by atoms with Gasteiger partial charge in [-0.1, -0.05) is 6.92 Å². The van der Waals surface area contributed by atoms with E-state index in [4.69, 9.17) is 5.11 Å². The van der Waals surface area contributed by atoms with Crippen LogP contribution in [0.1, 0.15) is 23.8 Å². The third kappa shape index (κ3) is 3.73. The lowest BCUT2D eigenvalue weighted by Gasteiger charge is -2.12. The number of pyridine rings is 1.